The van der Waals surface area contributed by atoms with Gasteiger partial charge in [-0.2, -0.15) is 4.31 Å². The highest BCUT2D eigenvalue weighted by Crippen LogP contribution is 2.34. The standard InChI is InChI=1S/C17H19FN2O3S2/c1-13(14-2-4-15(18)5-3-14)24-17-7-6-16(12-19-17)25(21,22)20-8-10-23-11-9-20/h2-7,12-13H,8-11H2,1H3/t13-/m1/s1. The van der Waals surface area contributed by atoms with E-state index < -0.39 is 10.0 Å². The van der Waals surface area contributed by atoms with Crippen molar-refractivity contribution in [3.05, 3.63) is 54.0 Å². The molecule has 1 atom stereocenters. The molecule has 8 heteroatoms. The molecule has 3 rings (SSSR count). The number of rotatable bonds is 5. The fraction of sp³-hybridized carbons (Fsp3) is 0.353. The highest BCUT2D eigenvalue weighted by Gasteiger charge is 2.26. The van der Waals surface area contributed by atoms with Crippen LogP contribution < -0.4 is 0 Å². The minimum Gasteiger partial charge on any atom is -0.379 e. The van der Waals surface area contributed by atoms with Gasteiger partial charge >= 0.3 is 0 Å². The van der Waals surface area contributed by atoms with E-state index in [0.717, 1.165) is 10.6 Å². The highest BCUT2D eigenvalue weighted by molar-refractivity contribution is 7.99. The van der Waals surface area contributed by atoms with Gasteiger partial charge in [-0.15, -0.1) is 0 Å². The van der Waals surface area contributed by atoms with Crippen molar-refractivity contribution < 1.29 is 17.5 Å². The quantitative estimate of drug-likeness (QED) is 0.744. The summed E-state index contributed by atoms with van der Waals surface area (Å²) >= 11 is 1.50. The average Bonchev–Trinajstić information content (AvgIpc) is 2.63. The SMILES string of the molecule is C[C@@H](Sc1ccc(S(=O)(=O)N2CCOCC2)cn1)c1ccc(F)cc1. The van der Waals surface area contributed by atoms with E-state index in [9.17, 15) is 12.8 Å². The molecule has 1 aliphatic rings. The van der Waals surface area contributed by atoms with Crippen molar-refractivity contribution in [2.75, 3.05) is 26.3 Å². The van der Waals surface area contributed by atoms with E-state index in [1.54, 1.807) is 24.3 Å². The van der Waals surface area contributed by atoms with Gasteiger partial charge in [0.1, 0.15) is 10.7 Å². The Kier molecular flexibility index (Phi) is 5.73. The number of benzene rings is 1. The molecule has 0 saturated carbocycles. The number of aromatic nitrogens is 1. The van der Waals surface area contributed by atoms with Gasteiger partial charge < -0.3 is 4.74 Å². The smallest absolute Gasteiger partial charge is 0.244 e. The lowest BCUT2D eigenvalue weighted by atomic mass is 10.2. The van der Waals surface area contributed by atoms with E-state index in [4.69, 9.17) is 4.74 Å². The van der Waals surface area contributed by atoms with Crippen LogP contribution in [0.15, 0.2) is 52.5 Å². The van der Waals surface area contributed by atoms with Gasteiger partial charge in [0.2, 0.25) is 10.0 Å². The molecule has 2 heterocycles. The van der Waals surface area contributed by atoms with Crippen LogP contribution in [-0.2, 0) is 14.8 Å². The fourth-order valence-corrected chi connectivity index (χ4v) is 4.78. The zero-order valence-corrected chi connectivity index (χ0v) is 15.4. The monoisotopic (exact) mass is 382 g/mol. The van der Waals surface area contributed by atoms with Crippen molar-refractivity contribution in [2.45, 2.75) is 22.1 Å². The molecule has 134 valence electrons. The maximum Gasteiger partial charge on any atom is 0.244 e. The second kappa shape index (κ2) is 7.82. The minimum atomic E-state index is -3.52. The predicted octanol–water partition coefficient (Wildman–Crippen LogP) is 3.09. The van der Waals surface area contributed by atoms with Gasteiger partial charge in [0.15, 0.2) is 0 Å². The molecule has 0 unspecified atom stereocenters. The topological polar surface area (TPSA) is 59.5 Å². The molecule has 1 aromatic heterocycles. The van der Waals surface area contributed by atoms with E-state index in [1.807, 2.05) is 6.92 Å². The number of halogens is 1. The highest BCUT2D eigenvalue weighted by atomic mass is 32.2. The molecule has 25 heavy (non-hydrogen) atoms. The lowest BCUT2D eigenvalue weighted by molar-refractivity contribution is 0.0730. The van der Waals surface area contributed by atoms with Gasteiger partial charge in [-0.05, 0) is 36.8 Å². The molecule has 0 N–H and O–H groups in total. The summed E-state index contributed by atoms with van der Waals surface area (Å²) in [6.45, 7) is 3.55. The Labute approximate surface area is 151 Å². The second-order valence-electron chi connectivity index (χ2n) is 5.66. The Morgan fingerprint density at radius 2 is 1.84 bits per heavy atom. The molecular formula is C17H19FN2O3S2. The first-order valence-corrected chi connectivity index (χ1v) is 10.2. The zero-order chi connectivity index (χ0) is 17.9. The summed E-state index contributed by atoms with van der Waals surface area (Å²) < 4.78 is 44.7. The van der Waals surface area contributed by atoms with Crippen molar-refractivity contribution in [1.82, 2.24) is 9.29 Å². The maximum atomic E-state index is 13.0. The zero-order valence-electron chi connectivity index (χ0n) is 13.8. The lowest BCUT2D eigenvalue weighted by Gasteiger charge is -2.25. The van der Waals surface area contributed by atoms with Crippen LogP contribution in [0.3, 0.4) is 0 Å². The Morgan fingerprint density at radius 1 is 1.16 bits per heavy atom. The van der Waals surface area contributed by atoms with Crippen molar-refractivity contribution in [3.63, 3.8) is 0 Å². The summed E-state index contributed by atoms with van der Waals surface area (Å²) in [5.41, 5.74) is 0.984. The minimum absolute atomic E-state index is 0.0785. The molecule has 0 spiro atoms. The van der Waals surface area contributed by atoms with E-state index in [0.29, 0.717) is 26.3 Å². The summed E-state index contributed by atoms with van der Waals surface area (Å²) in [6.07, 6.45) is 1.39. The molecule has 1 saturated heterocycles. The third-order valence-electron chi connectivity index (χ3n) is 3.95. The van der Waals surface area contributed by atoms with Crippen LogP contribution in [0.4, 0.5) is 4.39 Å². The van der Waals surface area contributed by atoms with Gasteiger partial charge in [0, 0.05) is 24.5 Å². The Hall–Kier alpha value is -1.48. The number of morpholine rings is 1. The van der Waals surface area contributed by atoms with Crippen LogP contribution in [0.2, 0.25) is 0 Å². The Balaban J connectivity index is 1.70. The van der Waals surface area contributed by atoms with Gasteiger partial charge in [0.05, 0.1) is 18.2 Å². The summed E-state index contributed by atoms with van der Waals surface area (Å²) in [4.78, 5) is 4.46. The molecule has 0 radical (unpaired) electrons. The van der Waals surface area contributed by atoms with Crippen LogP contribution in [0.25, 0.3) is 0 Å². The van der Waals surface area contributed by atoms with Crippen molar-refractivity contribution in [2.24, 2.45) is 0 Å². The Morgan fingerprint density at radius 3 is 2.44 bits per heavy atom. The number of hydrogen-bond acceptors (Lipinski definition) is 5. The van der Waals surface area contributed by atoms with Crippen LogP contribution in [0.5, 0.6) is 0 Å². The number of sulfonamides is 1. The third-order valence-corrected chi connectivity index (χ3v) is 6.94. The molecular weight excluding hydrogens is 363 g/mol. The molecule has 1 aliphatic heterocycles. The third kappa shape index (κ3) is 4.38. The predicted molar refractivity (Wildman–Crippen MR) is 94.5 cm³/mol. The summed E-state index contributed by atoms with van der Waals surface area (Å²) in [5.74, 6) is -0.267. The van der Waals surface area contributed by atoms with Crippen molar-refractivity contribution in [3.8, 4) is 0 Å². The average molecular weight is 382 g/mol. The first kappa shape index (κ1) is 18.3. The van der Waals surface area contributed by atoms with Crippen LogP contribution in [-0.4, -0.2) is 44.0 Å². The number of nitrogens with zero attached hydrogens (tertiary/aromatic N) is 2. The lowest BCUT2D eigenvalue weighted by Crippen LogP contribution is -2.40. The van der Waals surface area contributed by atoms with E-state index in [1.165, 1.54) is 34.4 Å². The number of hydrogen-bond donors (Lipinski definition) is 0. The number of ether oxygens (including phenoxy) is 1. The van der Waals surface area contributed by atoms with Crippen molar-refractivity contribution >= 4 is 21.8 Å². The first-order chi connectivity index (χ1) is 12.0. The van der Waals surface area contributed by atoms with Crippen LogP contribution in [0, 0.1) is 5.82 Å². The molecule has 2 aromatic rings. The van der Waals surface area contributed by atoms with Gasteiger partial charge in [-0.25, -0.2) is 17.8 Å². The maximum absolute atomic E-state index is 13.0. The van der Waals surface area contributed by atoms with Crippen LogP contribution >= 0.6 is 11.8 Å². The molecule has 1 aromatic carbocycles. The fourth-order valence-electron chi connectivity index (χ4n) is 2.51. The van der Waals surface area contributed by atoms with Gasteiger partial charge in [0.25, 0.3) is 0 Å². The van der Waals surface area contributed by atoms with Crippen LogP contribution in [0.1, 0.15) is 17.7 Å². The van der Waals surface area contributed by atoms with E-state index in [2.05, 4.69) is 4.98 Å². The second-order valence-corrected chi connectivity index (χ2v) is 8.96. The summed E-state index contributed by atoms with van der Waals surface area (Å²) in [7, 11) is -3.52. The molecule has 5 nitrogen and oxygen atoms in total. The number of pyridine rings is 1. The summed E-state index contributed by atoms with van der Waals surface area (Å²) in [5, 5.41) is 0.799. The molecule has 0 amide bonds. The normalized spacial score (nSPS) is 17.4. The summed E-state index contributed by atoms with van der Waals surface area (Å²) in [6, 6.07) is 9.62. The largest absolute Gasteiger partial charge is 0.379 e. The Bertz CT molecular complexity index is 805. The van der Waals surface area contributed by atoms with E-state index in [-0.39, 0.29) is 16.0 Å². The molecule has 0 bridgehead atoms. The van der Waals surface area contributed by atoms with Crippen molar-refractivity contribution in [1.29, 1.82) is 0 Å². The van der Waals surface area contributed by atoms with E-state index >= 15 is 0 Å². The molecule has 1 fully saturated rings. The van der Waals surface area contributed by atoms with Gasteiger partial charge in [-0.3, -0.25) is 0 Å². The first-order valence-electron chi connectivity index (χ1n) is 7.93. The van der Waals surface area contributed by atoms with Gasteiger partial charge in [-0.1, -0.05) is 23.9 Å². The molecule has 0 aliphatic carbocycles. The number of thioether (sulfide) groups is 1.